The van der Waals surface area contributed by atoms with Gasteiger partial charge >= 0.3 is 6.03 Å². The fraction of sp³-hybridized carbons (Fsp3) is 0.706. The van der Waals surface area contributed by atoms with Crippen molar-refractivity contribution in [2.24, 2.45) is 5.92 Å². The molecule has 1 fully saturated rings. The average Bonchev–Trinajstić information content (AvgIpc) is 2.78. The molecule has 1 N–H and O–H groups in total. The summed E-state index contributed by atoms with van der Waals surface area (Å²) in [5.74, 6) is 0.685. The number of thiophene rings is 1. The first-order valence-corrected chi connectivity index (χ1v) is 9.03. The number of aryl methyl sites for hydroxylation is 2. The Balaban J connectivity index is 1.84. The van der Waals surface area contributed by atoms with Gasteiger partial charge in [0.25, 0.3) is 0 Å². The maximum Gasteiger partial charge on any atom is 0.317 e. The molecule has 4 nitrogen and oxygen atoms in total. The van der Waals surface area contributed by atoms with Crippen LogP contribution in [0.1, 0.15) is 42.1 Å². The average molecular weight is 324 g/mol. The molecule has 2 rings (SSSR count). The van der Waals surface area contributed by atoms with Crippen molar-refractivity contribution in [1.29, 1.82) is 0 Å². The van der Waals surface area contributed by atoms with E-state index in [9.17, 15) is 4.79 Å². The number of hydrogen-bond donors (Lipinski definition) is 1. The van der Waals surface area contributed by atoms with Crippen molar-refractivity contribution in [3.8, 4) is 0 Å². The van der Waals surface area contributed by atoms with Crippen molar-refractivity contribution in [3.05, 3.63) is 21.4 Å². The Morgan fingerprint density at radius 1 is 1.23 bits per heavy atom. The van der Waals surface area contributed by atoms with Gasteiger partial charge < -0.3 is 10.2 Å². The minimum Gasteiger partial charge on any atom is -0.331 e. The third-order valence-corrected chi connectivity index (χ3v) is 5.15. The number of carbonyl (C=O) groups is 1. The molecule has 5 heteroatoms. The SMILES string of the molecule is Cc1cc(C(C)NC(=O)N2CCN(CC(C)C)CC2)c(C)s1. The van der Waals surface area contributed by atoms with Gasteiger partial charge in [-0.15, -0.1) is 11.3 Å². The lowest BCUT2D eigenvalue weighted by Crippen LogP contribution is -2.52. The summed E-state index contributed by atoms with van der Waals surface area (Å²) in [6.45, 7) is 15.5. The fourth-order valence-corrected chi connectivity index (χ4v) is 4.11. The van der Waals surface area contributed by atoms with E-state index in [0.29, 0.717) is 5.92 Å². The van der Waals surface area contributed by atoms with Crippen molar-refractivity contribution in [1.82, 2.24) is 15.1 Å². The quantitative estimate of drug-likeness (QED) is 0.921. The molecule has 22 heavy (non-hydrogen) atoms. The van der Waals surface area contributed by atoms with Crippen LogP contribution in [0.5, 0.6) is 0 Å². The van der Waals surface area contributed by atoms with Gasteiger partial charge in [0.2, 0.25) is 0 Å². The second-order valence-corrected chi connectivity index (χ2v) is 8.18. The van der Waals surface area contributed by atoms with Crippen LogP contribution in [0.25, 0.3) is 0 Å². The van der Waals surface area contributed by atoms with E-state index < -0.39 is 0 Å². The van der Waals surface area contributed by atoms with Crippen LogP contribution < -0.4 is 5.32 Å². The predicted octanol–water partition coefficient (Wildman–Crippen LogP) is 3.41. The van der Waals surface area contributed by atoms with Gasteiger partial charge in [-0.05, 0) is 38.3 Å². The first-order valence-electron chi connectivity index (χ1n) is 8.21. The van der Waals surface area contributed by atoms with Crippen molar-refractivity contribution in [2.75, 3.05) is 32.7 Å². The molecule has 0 aliphatic carbocycles. The Morgan fingerprint density at radius 2 is 1.86 bits per heavy atom. The molecular formula is C17H29N3OS. The molecular weight excluding hydrogens is 294 g/mol. The molecule has 0 spiro atoms. The number of nitrogens with zero attached hydrogens (tertiary/aromatic N) is 2. The maximum atomic E-state index is 12.4. The first kappa shape index (κ1) is 17.3. The summed E-state index contributed by atoms with van der Waals surface area (Å²) in [6, 6.07) is 2.33. The number of amides is 2. The molecule has 1 aromatic rings. The van der Waals surface area contributed by atoms with E-state index >= 15 is 0 Å². The van der Waals surface area contributed by atoms with Crippen LogP contribution in [0, 0.1) is 19.8 Å². The monoisotopic (exact) mass is 323 g/mol. The smallest absolute Gasteiger partial charge is 0.317 e. The van der Waals surface area contributed by atoms with Crippen molar-refractivity contribution >= 4 is 17.4 Å². The zero-order valence-corrected chi connectivity index (χ0v) is 15.3. The number of urea groups is 1. The van der Waals surface area contributed by atoms with Gasteiger partial charge in [0.05, 0.1) is 6.04 Å². The molecule has 1 aliphatic heterocycles. The molecule has 0 saturated carbocycles. The highest BCUT2D eigenvalue weighted by atomic mass is 32.1. The molecule has 1 saturated heterocycles. The van der Waals surface area contributed by atoms with Gasteiger partial charge in [-0.2, -0.15) is 0 Å². The molecule has 0 bridgehead atoms. The van der Waals surface area contributed by atoms with E-state index in [4.69, 9.17) is 0 Å². The van der Waals surface area contributed by atoms with Crippen molar-refractivity contribution in [2.45, 2.75) is 40.7 Å². The Kier molecular flexibility index (Phi) is 5.87. The standard InChI is InChI=1S/C17H29N3OS/c1-12(2)11-19-6-8-20(9-7-19)17(21)18-14(4)16-10-13(3)22-15(16)5/h10,12,14H,6-9,11H2,1-5H3,(H,18,21). The molecule has 1 aromatic heterocycles. The van der Waals surface area contributed by atoms with Crippen molar-refractivity contribution in [3.63, 3.8) is 0 Å². The summed E-state index contributed by atoms with van der Waals surface area (Å²) in [7, 11) is 0. The molecule has 2 amide bonds. The lowest BCUT2D eigenvalue weighted by atomic mass is 10.1. The van der Waals surface area contributed by atoms with E-state index in [1.165, 1.54) is 15.3 Å². The second kappa shape index (κ2) is 7.47. The topological polar surface area (TPSA) is 35.6 Å². The summed E-state index contributed by atoms with van der Waals surface area (Å²) in [5, 5.41) is 3.15. The zero-order valence-electron chi connectivity index (χ0n) is 14.5. The molecule has 1 aliphatic rings. The van der Waals surface area contributed by atoms with Crippen LogP contribution in [-0.2, 0) is 0 Å². The number of rotatable bonds is 4. The lowest BCUT2D eigenvalue weighted by molar-refractivity contribution is 0.129. The predicted molar refractivity (Wildman–Crippen MR) is 93.6 cm³/mol. The highest BCUT2D eigenvalue weighted by Gasteiger charge is 2.23. The highest BCUT2D eigenvalue weighted by Crippen LogP contribution is 2.26. The largest absolute Gasteiger partial charge is 0.331 e. The first-order chi connectivity index (χ1) is 10.4. The maximum absolute atomic E-state index is 12.4. The molecule has 0 aromatic carbocycles. The van der Waals surface area contributed by atoms with Crippen LogP contribution in [0.15, 0.2) is 6.07 Å². The summed E-state index contributed by atoms with van der Waals surface area (Å²) in [4.78, 5) is 19.4. The van der Waals surface area contributed by atoms with Gasteiger partial charge in [0, 0.05) is 42.5 Å². The van der Waals surface area contributed by atoms with Crippen LogP contribution in [0.4, 0.5) is 4.79 Å². The summed E-state index contributed by atoms with van der Waals surface area (Å²) in [5.41, 5.74) is 1.24. The normalized spacial score (nSPS) is 17.8. The number of carbonyl (C=O) groups excluding carboxylic acids is 1. The third-order valence-electron chi connectivity index (χ3n) is 4.17. The van der Waals surface area contributed by atoms with E-state index in [1.807, 2.05) is 4.90 Å². The van der Waals surface area contributed by atoms with Gasteiger partial charge in [-0.25, -0.2) is 4.79 Å². The molecule has 124 valence electrons. The van der Waals surface area contributed by atoms with Gasteiger partial charge in [-0.3, -0.25) is 4.90 Å². The zero-order chi connectivity index (χ0) is 16.3. The van der Waals surface area contributed by atoms with Crippen LogP contribution in [-0.4, -0.2) is 48.6 Å². The van der Waals surface area contributed by atoms with Crippen molar-refractivity contribution < 1.29 is 4.79 Å². The minimum absolute atomic E-state index is 0.0694. The Labute approximate surface area is 138 Å². The lowest BCUT2D eigenvalue weighted by Gasteiger charge is -2.36. The third kappa shape index (κ3) is 4.46. The van der Waals surface area contributed by atoms with E-state index in [2.05, 4.69) is 50.9 Å². The van der Waals surface area contributed by atoms with Crippen LogP contribution in [0.2, 0.25) is 0 Å². The van der Waals surface area contributed by atoms with Gasteiger partial charge in [0.15, 0.2) is 0 Å². The van der Waals surface area contributed by atoms with Crippen LogP contribution >= 0.6 is 11.3 Å². The van der Waals surface area contributed by atoms with Gasteiger partial charge in [-0.1, -0.05) is 13.8 Å². The van der Waals surface area contributed by atoms with Gasteiger partial charge in [0.1, 0.15) is 0 Å². The number of nitrogens with one attached hydrogen (secondary N) is 1. The van der Waals surface area contributed by atoms with E-state index in [1.54, 1.807) is 11.3 Å². The summed E-state index contributed by atoms with van der Waals surface area (Å²) in [6.07, 6.45) is 0. The van der Waals surface area contributed by atoms with E-state index in [-0.39, 0.29) is 12.1 Å². The Hall–Kier alpha value is -1.07. The Morgan fingerprint density at radius 3 is 2.36 bits per heavy atom. The molecule has 1 unspecified atom stereocenters. The molecule has 2 heterocycles. The Bertz CT molecular complexity index is 504. The molecule has 0 radical (unpaired) electrons. The number of piperazine rings is 1. The summed E-state index contributed by atoms with van der Waals surface area (Å²) < 4.78 is 0. The minimum atomic E-state index is 0.0694. The number of hydrogen-bond acceptors (Lipinski definition) is 3. The van der Waals surface area contributed by atoms with E-state index in [0.717, 1.165) is 32.7 Å². The fourth-order valence-electron chi connectivity index (χ4n) is 3.08. The second-order valence-electron chi connectivity index (χ2n) is 6.72. The highest BCUT2D eigenvalue weighted by molar-refractivity contribution is 7.12. The van der Waals surface area contributed by atoms with Crippen LogP contribution in [0.3, 0.4) is 0 Å². The summed E-state index contributed by atoms with van der Waals surface area (Å²) >= 11 is 1.79. The molecule has 1 atom stereocenters.